The van der Waals surface area contributed by atoms with E-state index in [4.69, 9.17) is 4.74 Å². The van der Waals surface area contributed by atoms with Crippen LogP contribution in [0.3, 0.4) is 0 Å². The molecule has 0 aromatic rings. The van der Waals surface area contributed by atoms with Crippen LogP contribution in [0, 0.1) is 0 Å². The Morgan fingerprint density at radius 2 is 1.93 bits per heavy atom. The lowest BCUT2D eigenvalue weighted by molar-refractivity contribution is 0.0972. The van der Waals surface area contributed by atoms with E-state index >= 15 is 0 Å². The van der Waals surface area contributed by atoms with Crippen molar-refractivity contribution in [3.8, 4) is 0 Å². The first kappa shape index (κ1) is 13.7. The van der Waals surface area contributed by atoms with Crippen molar-refractivity contribution in [1.82, 2.24) is 5.32 Å². The summed E-state index contributed by atoms with van der Waals surface area (Å²) in [5, 5.41) is 3.38. The third kappa shape index (κ3) is 9.75. The normalized spacial score (nSPS) is 12.9. The maximum Gasteiger partial charge on any atom is 0.0677 e. The van der Waals surface area contributed by atoms with Crippen LogP contribution in [0.2, 0.25) is 0 Å². The molecule has 2 nitrogen and oxygen atoms in total. The molecule has 0 aromatic heterocycles. The van der Waals surface area contributed by atoms with E-state index < -0.39 is 0 Å². The second-order valence-electron chi connectivity index (χ2n) is 4.31. The fraction of sp³-hybridized carbons (Fsp3) is 0.833. The second kappa shape index (κ2) is 8.01. The molecule has 0 fully saturated rings. The monoisotopic (exact) mass is 199 g/mol. The minimum Gasteiger partial charge on any atom is -0.374 e. The summed E-state index contributed by atoms with van der Waals surface area (Å²) < 4.78 is 5.49. The van der Waals surface area contributed by atoms with Crippen molar-refractivity contribution in [3.05, 3.63) is 11.6 Å². The van der Waals surface area contributed by atoms with Crippen LogP contribution in [0.1, 0.15) is 41.0 Å². The summed E-state index contributed by atoms with van der Waals surface area (Å²) in [5.74, 6) is 0. The van der Waals surface area contributed by atoms with Crippen LogP contribution in [-0.2, 0) is 4.74 Å². The fourth-order valence-corrected chi connectivity index (χ4v) is 1.05. The van der Waals surface area contributed by atoms with E-state index in [0.29, 0.717) is 12.1 Å². The van der Waals surface area contributed by atoms with Gasteiger partial charge in [0.1, 0.15) is 0 Å². The quantitative estimate of drug-likeness (QED) is 0.503. The molecule has 0 spiro atoms. The largest absolute Gasteiger partial charge is 0.374 e. The standard InChI is InChI=1S/C12H25NO/c1-10(2)13-8-6-7-12(5)9-14-11(3)4/h7,10-11,13H,6,8-9H2,1-5H3. The van der Waals surface area contributed by atoms with Crippen molar-refractivity contribution in [2.45, 2.75) is 53.2 Å². The third-order valence-corrected chi connectivity index (χ3v) is 1.83. The Kier molecular flexibility index (Phi) is 7.81. The summed E-state index contributed by atoms with van der Waals surface area (Å²) >= 11 is 0. The maximum absolute atomic E-state index is 5.49. The van der Waals surface area contributed by atoms with Crippen LogP contribution in [-0.4, -0.2) is 25.3 Å². The van der Waals surface area contributed by atoms with E-state index in [9.17, 15) is 0 Å². The predicted molar refractivity (Wildman–Crippen MR) is 62.6 cm³/mol. The van der Waals surface area contributed by atoms with E-state index in [1.165, 1.54) is 5.57 Å². The summed E-state index contributed by atoms with van der Waals surface area (Å²) in [4.78, 5) is 0. The highest BCUT2D eigenvalue weighted by atomic mass is 16.5. The highest BCUT2D eigenvalue weighted by Crippen LogP contribution is 1.98. The zero-order valence-electron chi connectivity index (χ0n) is 10.3. The summed E-state index contributed by atoms with van der Waals surface area (Å²) in [6.45, 7) is 12.4. The van der Waals surface area contributed by atoms with Crippen LogP contribution in [0.15, 0.2) is 11.6 Å². The van der Waals surface area contributed by atoms with Crippen LogP contribution < -0.4 is 5.32 Å². The minimum atomic E-state index is 0.326. The van der Waals surface area contributed by atoms with Crippen molar-refractivity contribution in [2.75, 3.05) is 13.2 Å². The van der Waals surface area contributed by atoms with Gasteiger partial charge in [-0.1, -0.05) is 25.5 Å². The predicted octanol–water partition coefficient (Wildman–Crippen LogP) is 2.75. The van der Waals surface area contributed by atoms with Gasteiger partial charge in [0, 0.05) is 6.04 Å². The van der Waals surface area contributed by atoms with Gasteiger partial charge in [0.05, 0.1) is 12.7 Å². The first-order chi connectivity index (χ1) is 6.52. The van der Waals surface area contributed by atoms with Gasteiger partial charge >= 0.3 is 0 Å². The van der Waals surface area contributed by atoms with E-state index in [2.05, 4.69) is 46.0 Å². The summed E-state index contributed by atoms with van der Waals surface area (Å²) in [5.41, 5.74) is 1.32. The van der Waals surface area contributed by atoms with Crippen molar-refractivity contribution >= 4 is 0 Å². The van der Waals surface area contributed by atoms with Crippen molar-refractivity contribution in [2.24, 2.45) is 0 Å². The second-order valence-corrected chi connectivity index (χ2v) is 4.31. The van der Waals surface area contributed by atoms with Crippen LogP contribution in [0.4, 0.5) is 0 Å². The molecular weight excluding hydrogens is 174 g/mol. The Morgan fingerprint density at radius 3 is 2.43 bits per heavy atom. The summed E-state index contributed by atoms with van der Waals surface area (Å²) in [6.07, 6.45) is 3.66. The highest BCUT2D eigenvalue weighted by molar-refractivity contribution is 4.98. The van der Waals surface area contributed by atoms with Gasteiger partial charge in [-0.05, 0) is 33.7 Å². The number of ether oxygens (including phenoxy) is 1. The third-order valence-electron chi connectivity index (χ3n) is 1.83. The molecule has 0 aliphatic carbocycles. The average Bonchev–Trinajstić information content (AvgIpc) is 2.08. The molecule has 84 valence electrons. The highest BCUT2D eigenvalue weighted by Gasteiger charge is 1.94. The fourth-order valence-electron chi connectivity index (χ4n) is 1.05. The van der Waals surface area contributed by atoms with E-state index in [-0.39, 0.29) is 0 Å². The molecule has 0 saturated heterocycles. The van der Waals surface area contributed by atoms with Gasteiger partial charge in [-0.3, -0.25) is 0 Å². The topological polar surface area (TPSA) is 21.3 Å². The Labute approximate surface area is 88.7 Å². The lowest BCUT2D eigenvalue weighted by atomic mass is 10.2. The van der Waals surface area contributed by atoms with Gasteiger partial charge in [0.2, 0.25) is 0 Å². The van der Waals surface area contributed by atoms with E-state index in [1.54, 1.807) is 0 Å². The first-order valence-electron chi connectivity index (χ1n) is 5.53. The molecule has 0 bridgehead atoms. The Balaban J connectivity index is 3.46. The molecule has 0 amide bonds. The molecule has 0 aromatic carbocycles. The number of nitrogens with one attached hydrogen (secondary N) is 1. The van der Waals surface area contributed by atoms with E-state index in [1.807, 2.05) is 0 Å². The molecule has 0 heterocycles. The van der Waals surface area contributed by atoms with Gasteiger partial charge in [-0.15, -0.1) is 0 Å². The van der Waals surface area contributed by atoms with Crippen LogP contribution >= 0.6 is 0 Å². The molecule has 0 saturated carbocycles. The molecule has 1 N–H and O–H groups in total. The number of hydrogen-bond acceptors (Lipinski definition) is 2. The molecule has 0 radical (unpaired) electrons. The molecule has 2 heteroatoms. The van der Waals surface area contributed by atoms with Gasteiger partial charge < -0.3 is 10.1 Å². The van der Waals surface area contributed by atoms with Gasteiger partial charge in [-0.25, -0.2) is 0 Å². The minimum absolute atomic E-state index is 0.326. The van der Waals surface area contributed by atoms with Crippen molar-refractivity contribution < 1.29 is 4.74 Å². The average molecular weight is 199 g/mol. The van der Waals surface area contributed by atoms with Crippen molar-refractivity contribution in [1.29, 1.82) is 0 Å². The Bertz CT molecular complexity index is 162. The van der Waals surface area contributed by atoms with Gasteiger partial charge in [0.15, 0.2) is 0 Å². The molecule has 0 atom stereocenters. The zero-order valence-corrected chi connectivity index (χ0v) is 10.3. The Morgan fingerprint density at radius 1 is 1.29 bits per heavy atom. The lowest BCUT2D eigenvalue weighted by Crippen LogP contribution is -2.23. The molecule has 0 aliphatic heterocycles. The summed E-state index contributed by atoms with van der Waals surface area (Å²) in [6, 6.07) is 0.579. The smallest absolute Gasteiger partial charge is 0.0677 e. The molecule has 0 rings (SSSR count). The maximum atomic E-state index is 5.49. The molecule has 0 aliphatic rings. The van der Waals surface area contributed by atoms with Crippen LogP contribution in [0.25, 0.3) is 0 Å². The number of rotatable bonds is 7. The van der Waals surface area contributed by atoms with Crippen LogP contribution in [0.5, 0.6) is 0 Å². The first-order valence-corrected chi connectivity index (χ1v) is 5.53. The Hall–Kier alpha value is -0.340. The van der Waals surface area contributed by atoms with E-state index in [0.717, 1.165) is 19.6 Å². The zero-order chi connectivity index (χ0) is 11.0. The lowest BCUT2D eigenvalue weighted by Gasteiger charge is -2.08. The van der Waals surface area contributed by atoms with Gasteiger partial charge in [0.25, 0.3) is 0 Å². The summed E-state index contributed by atoms with van der Waals surface area (Å²) in [7, 11) is 0. The molecule has 14 heavy (non-hydrogen) atoms. The SMILES string of the molecule is CC(=CCCNC(C)C)COC(C)C. The number of hydrogen-bond donors (Lipinski definition) is 1. The van der Waals surface area contributed by atoms with Crippen molar-refractivity contribution in [3.63, 3.8) is 0 Å². The molecule has 0 unspecified atom stereocenters. The van der Waals surface area contributed by atoms with Gasteiger partial charge in [-0.2, -0.15) is 0 Å². The molecular formula is C12H25NO.